The minimum Gasteiger partial charge on any atom is -0.306 e. The van der Waals surface area contributed by atoms with Crippen molar-refractivity contribution in [1.29, 1.82) is 0 Å². The van der Waals surface area contributed by atoms with Gasteiger partial charge in [0, 0.05) is 18.7 Å². The third kappa shape index (κ3) is 3.72. The van der Waals surface area contributed by atoms with E-state index in [1.54, 1.807) is 21.8 Å². The van der Waals surface area contributed by atoms with Gasteiger partial charge in [0.2, 0.25) is 0 Å². The van der Waals surface area contributed by atoms with Crippen LogP contribution in [0.2, 0.25) is 0 Å². The number of nitrogens with zero attached hydrogens (tertiary/aromatic N) is 7. The van der Waals surface area contributed by atoms with Gasteiger partial charge in [0.1, 0.15) is 6.54 Å². The fourth-order valence-corrected chi connectivity index (χ4v) is 3.66. The molecule has 0 aliphatic heterocycles. The second-order valence-corrected chi connectivity index (χ2v) is 7.18. The highest BCUT2D eigenvalue weighted by atomic mass is 16.1. The molecular weight excluding hydrogens is 368 g/mol. The smallest absolute Gasteiger partial charge is 0.306 e. The summed E-state index contributed by atoms with van der Waals surface area (Å²) in [7, 11) is 0. The number of H-pyrrole nitrogens is 1. The first kappa shape index (κ1) is 19.1. The summed E-state index contributed by atoms with van der Waals surface area (Å²) in [5.74, 6) is 1.99. The second kappa shape index (κ2) is 8.02. The van der Waals surface area contributed by atoms with Gasteiger partial charge in [-0.15, -0.1) is 0 Å². The molecule has 0 aliphatic rings. The Hall–Kier alpha value is -3.23. The van der Waals surface area contributed by atoms with Gasteiger partial charge >= 0.3 is 5.69 Å². The molecule has 29 heavy (non-hydrogen) atoms. The molecule has 0 radical (unpaired) electrons. The van der Waals surface area contributed by atoms with Crippen LogP contribution in [0.5, 0.6) is 0 Å². The van der Waals surface area contributed by atoms with E-state index in [0.717, 1.165) is 41.8 Å². The summed E-state index contributed by atoms with van der Waals surface area (Å²) in [5, 5.41) is 13.0. The summed E-state index contributed by atoms with van der Waals surface area (Å²) >= 11 is 0. The van der Waals surface area contributed by atoms with Crippen LogP contribution in [0.25, 0.3) is 22.4 Å². The molecule has 3 aromatic heterocycles. The maximum absolute atomic E-state index is 12.1. The van der Waals surface area contributed by atoms with E-state index in [0.29, 0.717) is 24.8 Å². The molecule has 0 unspecified atom stereocenters. The van der Waals surface area contributed by atoms with Gasteiger partial charge in [0.15, 0.2) is 11.6 Å². The maximum Gasteiger partial charge on any atom is 0.326 e. The molecule has 152 valence electrons. The summed E-state index contributed by atoms with van der Waals surface area (Å²) in [5.41, 5.74) is 2.54. The molecule has 0 saturated heterocycles. The van der Waals surface area contributed by atoms with Crippen LogP contribution in [0.4, 0.5) is 0 Å². The van der Waals surface area contributed by atoms with Crippen LogP contribution in [-0.4, -0.2) is 39.3 Å². The molecule has 9 heteroatoms. The van der Waals surface area contributed by atoms with Crippen molar-refractivity contribution in [1.82, 2.24) is 39.3 Å². The summed E-state index contributed by atoms with van der Waals surface area (Å²) in [6.07, 6.45) is 5.45. The topological polar surface area (TPSA) is 99.2 Å². The molecule has 0 saturated carbocycles. The summed E-state index contributed by atoms with van der Waals surface area (Å²) < 4.78 is 3.70. The van der Waals surface area contributed by atoms with Gasteiger partial charge < -0.3 is 4.98 Å². The fourth-order valence-electron chi connectivity index (χ4n) is 3.66. The molecule has 0 bridgehead atoms. The third-order valence-electron chi connectivity index (χ3n) is 5.40. The molecule has 3 heterocycles. The first-order valence-corrected chi connectivity index (χ1v) is 10.1. The zero-order chi connectivity index (χ0) is 20.4. The number of aryl methyl sites for hydroxylation is 1. The highest BCUT2D eigenvalue weighted by molar-refractivity contribution is 5.80. The predicted octanol–water partition coefficient (Wildman–Crippen LogP) is 2.68. The van der Waals surface area contributed by atoms with Gasteiger partial charge in [-0.25, -0.2) is 14.5 Å². The van der Waals surface area contributed by atoms with Crippen LogP contribution >= 0.6 is 0 Å². The van der Waals surface area contributed by atoms with Crippen molar-refractivity contribution in [3.63, 3.8) is 0 Å². The zero-order valence-electron chi connectivity index (χ0n) is 17.0. The lowest BCUT2D eigenvalue weighted by molar-refractivity contribution is 0.395. The molecule has 0 amide bonds. The lowest BCUT2D eigenvalue weighted by atomic mass is 10.0. The van der Waals surface area contributed by atoms with Crippen LogP contribution < -0.4 is 5.69 Å². The number of rotatable bonds is 8. The van der Waals surface area contributed by atoms with Crippen molar-refractivity contribution >= 4 is 11.0 Å². The first-order valence-electron chi connectivity index (χ1n) is 10.1. The molecular formula is C20H26N8O. The Bertz CT molecular complexity index is 1150. The standard InChI is InChI=1S/C20H26N8O/c1-4-14(5-2)12-27-19(24-18(25-27)13-28-21-9-10-22-28)15-7-8-17-16(11-15)23-20(29)26(17)6-3/h7-11,14H,4-6,12-13H2,1-3H3,(H,23,29). The van der Waals surface area contributed by atoms with Crippen LogP contribution in [0, 0.1) is 5.92 Å². The molecule has 1 aromatic carbocycles. The van der Waals surface area contributed by atoms with Crippen LogP contribution in [0.3, 0.4) is 0 Å². The van der Waals surface area contributed by atoms with Gasteiger partial charge in [-0.1, -0.05) is 26.7 Å². The molecule has 4 rings (SSSR count). The molecule has 9 nitrogen and oxygen atoms in total. The number of hydrogen-bond donors (Lipinski definition) is 1. The summed E-state index contributed by atoms with van der Waals surface area (Å²) in [6, 6.07) is 5.95. The van der Waals surface area contributed by atoms with Crippen molar-refractivity contribution in [2.75, 3.05) is 0 Å². The zero-order valence-corrected chi connectivity index (χ0v) is 17.0. The van der Waals surface area contributed by atoms with Crippen molar-refractivity contribution < 1.29 is 0 Å². The van der Waals surface area contributed by atoms with Gasteiger partial charge in [0.05, 0.1) is 23.4 Å². The van der Waals surface area contributed by atoms with Crippen molar-refractivity contribution in [2.45, 2.75) is 53.2 Å². The van der Waals surface area contributed by atoms with Crippen LogP contribution in [0.15, 0.2) is 35.4 Å². The highest BCUT2D eigenvalue weighted by Crippen LogP contribution is 2.24. The second-order valence-electron chi connectivity index (χ2n) is 7.18. The molecule has 0 atom stereocenters. The van der Waals surface area contributed by atoms with E-state index in [9.17, 15) is 4.79 Å². The average Bonchev–Trinajstić information content (AvgIpc) is 3.44. The number of benzene rings is 1. The van der Waals surface area contributed by atoms with E-state index in [1.807, 2.05) is 29.8 Å². The summed E-state index contributed by atoms with van der Waals surface area (Å²) in [6.45, 7) is 8.20. The molecule has 4 aromatic rings. The Balaban J connectivity index is 1.76. The normalized spacial score (nSPS) is 11.7. The first-order chi connectivity index (χ1) is 14.1. The summed E-state index contributed by atoms with van der Waals surface area (Å²) in [4.78, 5) is 21.4. The van der Waals surface area contributed by atoms with E-state index in [2.05, 4.69) is 29.0 Å². The maximum atomic E-state index is 12.1. The largest absolute Gasteiger partial charge is 0.326 e. The van der Waals surface area contributed by atoms with Gasteiger partial charge in [-0.2, -0.15) is 20.1 Å². The van der Waals surface area contributed by atoms with E-state index in [4.69, 9.17) is 10.1 Å². The van der Waals surface area contributed by atoms with Crippen molar-refractivity contribution in [2.24, 2.45) is 5.92 Å². The van der Waals surface area contributed by atoms with Crippen LogP contribution in [-0.2, 0) is 19.6 Å². The van der Waals surface area contributed by atoms with Crippen LogP contribution in [0.1, 0.15) is 39.4 Å². The number of aromatic amines is 1. The van der Waals surface area contributed by atoms with Crippen molar-refractivity contribution in [3.8, 4) is 11.4 Å². The fraction of sp³-hybridized carbons (Fsp3) is 0.450. The minimum absolute atomic E-state index is 0.0939. The Labute approximate surface area is 168 Å². The van der Waals surface area contributed by atoms with Crippen molar-refractivity contribution in [3.05, 3.63) is 46.9 Å². The Morgan fingerprint density at radius 2 is 1.86 bits per heavy atom. The molecule has 0 spiro atoms. The number of fused-ring (bicyclic) bond motifs is 1. The Kier molecular flexibility index (Phi) is 5.28. The number of aromatic nitrogens is 8. The highest BCUT2D eigenvalue weighted by Gasteiger charge is 2.17. The molecule has 0 fully saturated rings. The average molecular weight is 394 g/mol. The predicted molar refractivity (Wildman–Crippen MR) is 110 cm³/mol. The Morgan fingerprint density at radius 3 is 2.55 bits per heavy atom. The minimum atomic E-state index is -0.0939. The number of hydrogen-bond acceptors (Lipinski definition) is 5. The SMILES string of the molecule is CCC(CC)Cn1nc(Cn2nccn2)nc1-c1ccc2c(c1)[nH]c(=O)n2CC. The third-order valence-corrected chi connectivity index (χ3v) is 5.40. The quantitative estimate of drug-likeness (QED) is 0.495. The monoisotopic (exact) mass is 394 g/mol. The van der Waals surface area contributed by atoms with E-state index in [-0.39, 0.29) is 5.69 Å². The van der Waals surface area contributed by atoms with Gasteiger partial charge in [-0.3, -0.25) is 4.57 Å². The number of nitrogens with one attached hydrogen (secondary N) is 1. The van der Waals surface area contributed by atoms with Gasteiger partial charge in [-0.05, 0) is 31.0 Å². The number of imidazole rings is 1. The Morgan fingerprint density at radius 1 is 1.10 bits per heavy atom. The van der Waals surface area contributed by atoms with E-state index < -0.39 is 0 Å². The molecule has 0 aliphatic carbocycles. The van der Waals surface area contributed by atoms with E-state index in [1.165, 1.54) is 0 Å². The van der Waals surface area contributed by atoms with Gasteiger partial charge in [0.25, 0.3) is 0 Å². The van der Waals surface area contributed by atoms with E-state index >= 15 is 0 Å². The lowest BCUT2D eigenvalue weighted by Gasteiger charge is -2.14. The molecule has 1 N–H and O–H groups in total. The lowest BCUT2D eigenvalue weighted by Crippen LogP contribution is -2.14.